The summed E-state index contributed by atoms with van der Waals surface area (Å²) in [5.41, 5.74) is 5.74. The van der Waals surface area contributed by atoms with Crippen LogP contribution in [0.15, 0.2) is 42.5 Å². The van der Waals surface area contributed by atoms with E-state index < -0.39 is 0 Å². The normalized spacial score (nSPS) is 10.8. The number of rotatable bonds is 4. The third-order valence-electron chi connectivity index (χ3n) is 4.68. The topological polar surface area (TPSA) is 49.0 Å². The molecule has 1 aromatic heterocycles. The van der Waals surface area contributed by atoms with Crippen LogP contribution in [-0.2, 0) is 13.2 Å². The standard InChI is InChI=1S/C21H18ClFN2O/c1-13-20(16-5-3-15(10-24)4-6-16)21(22)14(2)25(13)11-17-7-8-19(23)9-18(17)12-26/h3-9,26H,11-12H2,1-2H3. The number of halogens is 2. The molecule has 0 unspecified atom stereocenters. The Morgan fingerprint density at radius 2 is 1.77 bits per heavy atom. The van der Waals surface area contributed by atoms with Crippen LogP contribution < -0.4 is 0 Å². The highest BCUT2D eigenvalue weighted by atomic mass is 35.5. The molecule has 0 atom stereocenters. The minimum atomic E-state index is -0.366. The maximum absolute atomic E-state index is 13.4. The van der Waals surface area contributed by atoms with Crippen LogP contribution in [0.1, 0.15) is 28.1 Å². The maximum atomic E-state index is 13.4. The van der Waals surface area contributed by atoms with E-state index in [9.17, 15) is 9.50 Å². The second-order valence-corrected chi connectivity index (χ2v) is 6.58. The van der Waals surface area contributed by atoms with Gasteiger partial charge in [0, 0.05) is 23.5 Å². The number of nitrogens with zero attached hydrogens (tertiary/aromatic N) is 2. The molecule has 132 valence electrons. The van der Waals surface area contributed by atoms with Crippen LogP contribution in [0.2, 0.25) is 5.02 Å². The lowest BCUT2D eigenvalue weighted by Gasteiger charge is -2.13. The van der Waals surface area contributed by atoms with Gasteiger partial charge in [0.05, 0.1) is 23.3 Å². The molecule has 0 bridgehead atoms. The lowest BCUT2D eigenvalue weighted by molar-refractivity contribution is 0.279. The SMILES string of the molecule is Cc1c(Cl)c(-c2ccc(C#N)cc2)c(C)n1Cc1ccc(F)cc1CO. The number of hydrogen-bond donors (Lipinski definition) is 1. The second-order valence-electron chi connectivity index (χ2n) is 6.21. The van der Waals surface area contributed by atoms with Crippen molar-refractivity contribution in [3.8, 4) is 17.2 Å². The average Bonchev–Trinajstić information content (AvgIpc) is 2.86. The predicted octanol–water partition coefficient (Wildman–Crippen LogP) is 4.98. The molecule has 3 nitrogen and oxygen atoms in total. The van der Waals surface area contributed by atoms with Gasteiger partial charge in [-0.2, -0.15) is 5.26 Å². The van der Waals surface area contributed by atoms with Crippen molar-refractivity contribution in [2.24, 2.45) is 0 Å². The Morgan fingerprint density at radius 1 is 1.08 bits per heavy atom. The fourth-order valence-corrected chi connectivity index (χ4v) is 3.54. The van der Waals surface area contributed by atoms with Crippen molar-refractivity contribution in [1.82, 2.24) is 4.57 Å². The summed E-state index contributed by atoms with van der Waals surface area (Å²) < 4.78 is 15.5. The predicted molar refractivity (Wildman–Crippen MR) is 100 cm³/mol. The molecule has 3 rings (SSSR count). The van der Waals surface area contributed by atoms with Crippen molar-refractivity contribution in [2.45, 2.75) is 27.0 Å². The number of aromatic nitrogens is 1. The van der Waals surface area contributed by atoms with Crippen molar-refractivity contribution < 1.29 is 9.50 Å². The molecule has 0 saturated carbocycles. The number of nitriles is 1. The monoisotopic (exact) mass is 368 g/mol. The van der Waals surface area contributed by atoms with Crippen LogP contribution in [0.3, 0.4) is 0 Å². The van der Waals surface area contributed by atoms with Crippen LogP contribution in [-0.4, -0.2) is 9.67 Å². The van der Waals surface area contributed by atoms with Gasteiger partial charge < -0.3 is 9.67 Å². The highest BCUT2D eigenvalue weighted by Gasteiger charge is 2.18. The van der Waals surface area contributed by atoms with Gasteiger partial charge in [0.2, 0.25) is 0 Å². The molecule has 26 heavy (non-hydrogen) atoms. The molecule has 0 radical (unpaired) electrons. The third-order valence-corrected chi connectivity index (χ3v) is 5.14. The summed E-state index contributed by atoms with van der Waals surface area (Å²) >= 11 is 6.60. The molecule has 0 fully saturated rings. The molecular weight excluding hydrogens is 351 g/mol. The first-order valence-electron chi connectivity index (χ1n) is 8.20. The van der Waals surface area contributed by atoms with E-state index in [-0.39, 0.29) is 12.4 Å². The zero-order valence-corrected chi connectivity index (χ0v) is 15.3. The molecule has 0 spiro atoms. The van der Waals surface area contributed by atoms with E-state index in [0.717, 1.165) is 28.1 Å². The summed E-state index contributed by atoms with van der Waals surface area (Å²) in [6, 6.07) is 13.8. The van der Waals surface area contributed by atoms with E-state index in [1.165, 1.54) is 12.1 Å². The number of hydrogen-bond acceptors (Lipinski definition) is 2. The fourth-order valence-electron chi connectivity index (χ4n) is 3.20. The molecule has 0 aliphatic heterocycles. The van der Waals surface area contributed by atoms with Gasteiger partial charge in [0.1, 0.15) is 5.82 Å². The lowest BCUT2D eigenvalue weighted by Crippen LogP contribution is -2.07. The molecule has 1 N–H and O–H groups in total. The summed E-state index contributed by atoms with van der Waals surface area (Å²) in [6.45, 7) is 4.19. The van der Waals surface area contributed by atoms with Crippen molar-refractivity contribution in [2.75, 3.05) is 0 Å². The lowest BCUT2D eigenvalue weighted by atomic mass is 10.0. The van der Waals surface area contributed by atoms with Gasteiger partial charge >= 0.3 is 0 Å². The van der Waals surface area contributed by atoms with Crippen LogP contribution >= 0.6 is 11.6 Å². The van der Waals surface area contributed by atoms with Crippen LogP contribution in [0, 0.1) is 31.0 Å². The Labute approximate surface area is 156 Å². The Hall–Kier alpha value is -2.61. The zero-order chi connectivity index (χ0) is 18.8. The van der Waals surface area contributed by atoms with Crippen LogP contribution in [0.4, 0.5) is 4.39 Å². The number of benzene rings is 2. The molecule has 0 saturated heterocycles. The zero-order valence-electron chi connectivity index (χ0n) is 14.6. The molecule has 0 aliphatic rings. The third kappa shape index (κ3) is 3.24. The van der Waals surface area contributed by atoms with Gasteiger partial charge in [-0.25, -0.2) is 4.39 Å². The van der Waals surface area contributed by atoms with Gasteiger partial charge in [-0.05, 0) is 54.8 Å². The summed E-state index contributed by atoms with van der Waals surface area (Å²) in [6.07, 6.45) is 0. The van der Waals surface area contributed by atoms with E-state index in [0.29, 0.717) is 22.7 Å². The molecule has 1 heterocycles. The Balaban J connectivity index is 2.06. The van der Waals surface area contributed by atoms with Crippen molar-refractivity contribution in [3.63, 3.8) is 0 Å². The van der Waals surface area contributed by atoms with Crippen LogP contribution in [0.25, 0.3) is 11.1 Å². The van der Waals surface area contributed by atoms with Crippen molar-refractivity contribution in [1.29, 1.82) is 5.26 Å². The molecule has 2 aromatic carbocycles. The Kier molecular flexibility index (Phi) is 5.13. The van der Waals surface area contributed by atoms with E-state index in [1.54, 1.807) is 18.2 Å². The summed E-state index contributed by atoms with van der Waals surface area (Å²) in [4.78, 5) is 0. The minimum absolute atomic E-state index is 0.220. The largest absolute Gasteiger partial charge is 0.392 e. The van der Waals surface area contributed by atoms with Gasteiger partial charge in [-0.1, -0.05) is 29.8 Å². The van der Waals surface area contributed by atoms with Gasteiger partial charge in [0.15, 0.2) is 0 Å². The van der Waals surface area contributed by atoms with Crippen molar-refractivity contribution >= 4 is 11.6 Å². The van der Waals surface area contributed by atoms with E-state index in [4.69, 9.17) is 16.9 Å². The second kappa shape index (κ2) is 7.33. The number of aliphatic hydroxyl groups is 1. The van der Waals surface area contributed by atoms with E-state index in [1.807, 2.05) is 26.0 Å². The molecular formula is C21H18ClFN2O. The molecule has 0 aliphatic carbocycles. The first-order chi connectivity index (χ1) is 12.5. The highest BCUT2D eigenvalue weighted by Crippen LogP contribution is 2.36. The van der Waals surface area contributed by atoms with Gasteiger partial charge in [0.25, 0.3) is 0 Å². The summed E-state index contributed by atoms with van der Waals surface area (Å²) in [5.74, 6) is -0.366. The smallest absolute Gasteiger partial charge is 0.123 e. The highest BCUT2D eigenvalue weighted by molar-refractivity contribution is 6.34. The van der Waals surface area contributed by atoms with E-state index >= 15 is 0 Å². The summed E-state index contributed by atoms with van der Waals surface area (Å²) in [7, 11) is 0. The average molecular weight is 369 g/mol. The fraction of sp³-hybridized carbons (Fsp3) is 0.190. The first kappa shape index (κ1) is 18.2. The van der Waals surface area contributed by atoms with Crippen LogP contribution in [0.5, 0.6) is 0 Å². The summed E-state index contributed by atoms with van der Waals surface area (Å²) in [5, 5.41) is 19.1. The van der Waals surface area contributed by atoms with E-state index in [2.05, 4.69) is 10.6 Å². The molecule has 0 amide bonds. The quantitative estimate of drug-likeness (QED) is 0.706. The Morgan fingerprint density at radius 3 is 2.38 bits per heavy atom. The Bertz CT molecular complexity index is 1000. The van der Waals surface area contributed by atoms with Crippen molar-refractivity contribution in [3.05, 3.63) is 81.4 Å². The first-order valence-corrected chi connectivity index (χ1v) is 8.58. The minimum Gasteiger partial charge on any atom is -0.392 e. The van der Waals surface area contributed by atoms with Gasteiger partial charge in [-0.15, -0.1) is 0 Å². The molecule has 3 aromatic rings. The van der Waals surface area contributed by atoms with Gasteiger partial charge in [-0.3, -0.25) is 0 Å². The maximum Gasteiger partial charge on any atom is 0.123 e. The number of aliphatic hydroxyl groups excluding tert-OH is 1. The molecule has 5 heteroatoms.